The maximum atomic E-state index is 12.1. The molecular weight excluding hydrogens is 218 g/mol. The minimum atomic E-state index is -0.743. The molecule has 2 aliphatic rings. The largest absolute Gasteiger partial charge is 0.354 e. The summed E-state index contributed by atoms with van der Waals surface area (Å²) in [7, 11) is 0. The van der Waals surface area contributed by atoms with Gasteiger partial charge in [-0.1, -0.05) is 12.8 Å². The summed E-state index contributed by atoms with van der Waals surface area (Å²) in [5.74, 6) is -0.227. The molecule has 2 fully saturated rings. The summed E-state index contributed by atoms with van der Waals surface area (Å²) in [6, 6.07) is -0.397. The summed E-state index contributed by atoms with van der Waals surface area (Å²) < 4.78 is 0. The fraction of sp³-hybridized carbons (Fsp3) is 0.833. The highest BCUT2D eigenvalue weighted by Crippen LogP contribution is 2.27. The number of carbonyl (C=O) groups excluding carboxylic acids is 2. The van der Waals surface area contributed by atoms with Crippen molar-refractivity contribution in [1.29, 1.82) is 0 Å². The second-order valence-electron chi connectivity index (χ2n) is 5.18. The first-order valence-electron chi connectivity index (χ1n) is 6.49. The predicted molar refractivity (Wildman–Crippen MR) is 64.2 cm³/mol. The minimum Gasteiger partial charge on any atom is -0.354 e. The van der Waals surface area contributed by atoms with Crippen LogP contribution in [0.15, 0.2) is 0 Å². The second-order valence-corrected chi connectivity index (χ2v) is 5.18. The number of hydrogen-bond acceptors (Lipinski definition) is 3. The molecule has 17 heavy (non-hydrogen) atoms. The summed E-state index contributed by atoms with van der Waals surface area (Å²) in [4.78, 5) is 23.8. The third-order valence-corrected chi connectivity index (χ3v) is 3.79. The van der Waals surface area contributed by atoms with Crippen LogP contribution in [0.25, 0.3) is 0 Å². The molecule has 96 valence electrons. The lowest BCUT2D eigenvalue weighted by atomic mass is 9.97. The Kier molecular flexibility index (Phi) is 3.66. The number of hydrogen-bond donors (Lipinski definition) is 3. The number of rotatable bonds is 2. The lowest BCUT2D eigenvalue weighted by Gasteiger charge is -2.25. The minimum absolute atomic E-state index is 0.0718. The SMILES string of the molecule is NC1(C(=O)NC2CCCCNC2=O)CCCC1. The molecule has 4 N–H and O–H groups in total. The van der Waals surface area contributed by atoms with Gasteiger partial charge < -0.3 is 16.4 Å². The van der Waals surface area contributed by atoms with Crippen molar-refractivity contribution in [2.24, 2.45) is 5.73 Å². The maximum absolute atomic E-state index is 12.1. The molecule has 1 aliphatic carbocycles. The van der Waals surface area contributed by atoms with Gasteiger partial charge in [0.15, 0.2) is 0 Å². The van der Waals surface area contributed by atoms with E-state index in [0.717, 1.165) is 38.5 Å². The molecule has 0 spiro atoms. The molecule has 1 atom stereocenters. The van der Waals surface area contributed by atoms with Crippen molar-refractivity contribution >= 4 is 11.8 Å². The third-order valence-electron chi connectivity index (χ3n) is 3.79. The van der Waals surface area contributed by atoms with Crippen molar-refractivity contribution in [2.75, 3.05) is 6.54 Å². The van der Waals surface area contributed by atoms with Crippen LogP contribution in [0.1, 0.15) is 44.9 Å². The molecule has 1 saturated heterocycles. The summed E-state index contributed by atoms with van der Waals surface area (Å²) in [6.45, 7) is 0.707. The topological polar surface area (TPSA) is 84.2 Å². The van der Waals surface area contributed by atoms with Crippen LogP contribution < -0.4 is 16.4 Å². The summed E-state index contributed by atoms with van der Waals surface area (Å²) in [5.41, 5.74) is 5.32. The Morgan fingerprint density at radius 3 is 2.71 bits per heavy atom. The van der Waals surface area contributed by atoms with E-state index in [9.17, 15) is 9.59 Å². The molecule has 1 aliphatic heterocycles. The van der Waals surface area contributed by atoms with Crippen LogP contribution in [0.5, 0.6) is 0 Å². The molecule has 0 aromatic heterocycles. The van der Waals surface area contributed by atoms with Crippen molar-refractivity contribution < 1.29 is 9.59 Å². The van der Waals surface area contributed by atoms with Crippen LogP contribution in [0.3, 0.4) is 0 Å². The van der Waals surface area contributed by atoms with Gasteiger partial charge in [0, 0.05) is 6.54 Å². The van der Waals surface area contributed by atoms with Gasteiger partial charge >= 0.3 is 0 Å². The molecule has 5 nitrogen and oxygen atoms in total. The maximum Gasteiger partial charge on any atom is 0.242 e. The Hall–Kier alpha value is -1.10. The smallest absolute Gasteiger partial charge is 0.242 e. The summed E-state index contributed by atoms with van der Waals surface area (Å²) in [6.07, 6.45) is 6.11. The van der Waals surface area contributed by atoms with E-state index in [-0.39, 0.29) is 11.8 Å². The highest BCUT2D eigenvalue weighted by molar-refractivity contribution is 5.92. The summed E-state index contributed by atoms with van der Waals surface area (Å²) >= 11 is 0. The highest BCUT2D eigenvalue weighted by atomic mass is 16.2. The molecule has 1 unspecified atom stereocenters. The van der Waals surface area contributed by atoms with Crippen LogP contribution >= 0.6 is 0 Å². The predicted octanol–water partition coefficient (Wildman–Crippen LogP) is 0.0428. The van der Waals surface area contributed by atoms with Crippen LogP contribution in [-0.2, 0) is 9.59 Å². The van der Waals surface area contributed by atoms with Crippen molar-refractivity contribution in [3.63, 3.8) is 0 Å². The van der Waals surface area contributed by atoms with Gasteiger partial charge in [0.2, 0.25) is 11.8 Å². The summed E-state index contributed by atoms with van der Waals surface area (Å²) in [5, 5.41) is 5.62. The van der Waals surface area contributed by atoms with Crippen LogP contribution in [0.2, 0.25) is 0 Å². The lowest BCUT2D eigenvalue weighted by molar-refractivity contribution is -0.131. The zero-order chi connectivity index (χ0) is 12.3. The van der Waals surface area contributed by atoms with E-state index in [1.54, 1.807) is 0 Å². The first-order valence-corrected chi connectivity index (χ1v) is 6.49. The van der Waals surface area contributed by atoms with Gasteiger partial charge in [0.05, 0.1) is 5.54 Å². The quantitative estimate of drug-likeness (QED) is 0.636. The van der Waals surface area contributed by atoms with E-state index < -0.39 is 11.6 Å². The van der Waals surface area contributed by atoms with E-state index >= 15 is 0 Å². The molecule has 2 amide bonds. The van der Waals surface area contributed by atoms with Crippen molar-refractivity contribution in [1.82, 2.24) is 10.6 Å². The van der Waals surface area contributed by atoms with Gasteiger partial charge in [-0.2, -0.15) is 0 Å². The van der Waals surface area contributed by atoms with Crippen LogP contribution in [0, 0.1) is 0 Å². The molecule has 1 heterocycles. The van der Waals surface area contributed by atoms with E-state index in [2.05, 4.69) is 10.6 Å². The zero-order valence-electron chi connectivity index (χ0n) is 10.1. The second kappa shape index (κ2) is 5.04. The molecule has 2 rings (SSSR count). The molecule has 5 heteroatoms. The number of carbonyl (C=O) groups is 2. The first-order chi connectivity index (χ1) is 8.12. The molecule has 0 aromatic rings. The van der Waals surface area contributed by atoms with Crippen molar-refractivity contribution in [3.8, 4) is 0 Å². The standard InChI is InChI=1S/C12H21N3O2/c13-12(6-2-3-7-12)11(17)15-9-5-1-4-8-14-10(9)16/h9H,1-8,13H2,(H,14,16)(H,15,17). The lowest BCUT2D eigenvalue weighted by Crippen LogP contribution is -2.57. The van der Waals surface area contributed by atoms with E-state index in [0.29, 0.717) is 13.0 Å². The van der Waals surface area contributed by atoms with Gasteiger partial charge in [0.1, 0.15) is 6.04 Å². The normalized spacial score (nSPS) is 28.3. The fourth-order valence-electron chi connectivity index (χ4n) is 2.61. The molecular formula is C12H21N3O2. The Balaban J connectivity index is 1.94. The Labute approximate surface area is 102 Å². The Morgan fingerprint density at radius 1 is 1.29 bits per heavy atom. The van der Waals surface area contributed by atoms with E-state index in [1.807, 2.05) is 0 Å². The van der Waals surface area contributed by atoms with Gasteiger partial charge in [-0.25, -0.2) is 0 Å². The molecule has 1 saturated carbocycles. The van der Waals surface area contributed by atoms with Crippen LogP contribution in [-0.4, -0.2) is 29.9 Å². The van der Waals surface area contributed by atoms with Crippen molar-refractivity contribution in [2.45, 2.75) is 56.5 Å². The molecule has 0 aromatic carbocycles. The first kappa shape index (κ1) is 12.4. The van der Waals surface area contributed by atoms with Gasteiger partial charge in [-0.15, -0.1) is 0 Å². The number of nitrogens with two attached hydrogens (primary N) is 1. The molecule has 0 bridgehead atoms. The van der Waals surface area contributed by atoms with Crippen molar-refractivity contribution in [3.05, 3.63) is 0 Å². The Bertz CT molecular complexity index is 311. The van der Waals surface area contributed by atoms with Crippen LogP contribution in [0.4, 0.5) is 0 Å². The number of nitrogens with one attached hydrogen (secondary N) is 2. The average Bonchev–Trinajstić information content (AvgIpc) is 2.65. The highest BCUT2D eigenvalue weighted by Gasteiger charge is 2.38. The average molecular weight is 239 g/mol. The Morgan fingerprint density at radius 2 is 2.00 bits per heavy atom. The van der Waals surface area contributed by atoms with Gasteiger partial charge in [-0.05, 0) is 32.1 Å². The zero-order valence-corrected chi connectivity index (χ0v) is 10.1. The van der Waals surface area contributed by atoms with E-state index in [1.165, 1.54) is 0 Å². The number of amides is 2. The van der Waals surface area contributed by atoms with E-state index in [4.69, 9.17) is 5.73 Å². The third kappa shape index (κ3) is 2.77. The van der Waals surface area contributed by atoms with Gasteiger partial charge in [0.25, 0.3) is 0 Å². The monoisotopic (exact) mass is 239 g/mol. The molecule has 0 radical (unpaired) electrons. The van der Waals surface area contributed by atoms with Gasteiger partial charge in [-0.3, -0.25) is 9.59 Å². The fourth-order valence-corrected chi connectivity index (χ4v) is 2.61.